The van der Waals surface area contributed by atoms with E-state index in [0.717, 1.165) is 17.5 Å². The molecular formula is C30H33N3O4S. The second-order valence-electron chi connectivity index (χ2n) is 10.2. The number of sulfonamides is 1. The number of carbonyl (C=O) groups is 1. The van der Waals surface area contributed by atoms with Gasteiger partial charge in [0.25, 0.3) is 5.91 Å². The van der Waals surface area contributed by atoms with Crippen LogP contribution in [-0.4, -0.2) is 54.5 Å². The summed E-state index contributed by atoms with van der Waals surface area (Å²) in [6.07, 6.45) is 2.10. The lowest BCUT2D eigenvalue weighted by Crippen LogP contribution is -2.47. The van der Waals surface area contributed by atoms with E-state index in [1.54, 1.807) is 12.1 Å². The van der Waals surface area contributed by atoms with Gasteiger partial charge in [-0.1, -0.05) is 83.5 Å². The summed E-state index contributed by atoms with van der Waals surface area (Å²) in [6.45, 7) is 3.64. The van der Waals surface area contributed by atoms with Gasteiger partial charge >= 0.3 is 0 Å². The summed E-state index contributed by atoms with van der Waals surface area (Å²) in [5, 5.41) is 4.24. The van der Waals surface area contributed by atoms with E-state index in [2.05, 4.69) is 17.3 Å². The van der Waals surface area contributed by atoms with E-state index in [-0.39, 0.29) is 5.91 Å². The molecule has 0 aromatic heterocycles. The third-order valence-electron chi connectivity index (χ3n) is 7.40. The molecule has 5 rings (SSSR count). The molecule has 0 atom stereocenters. The summed E-state index contributed by atoms with van der Waals surface area (Å²) < 4.78 is 27.8. The van der Waals surface area contributed by atoms with Gasteiger partial charge in [-0.25, -0.2) is 8.42 Å². The minimum Gasteiger partial charge on any atom is -0.388 e. The molecule has 2 aliphatic heterocycles. The van der Waals surface area contributed by atoms with Crippen molar-refractivity contribution in [3.05, 3.63) is 102 Å². The quantitative estimate of drug-likeness (QED) is 0.427. The van der Waals surface area contributed by atoms with Gasteiger partial charge in [-0.05, 0) is 36.6 Å². The SMILES string of the molecule is Cc1ccc(S(=O)(=O)N2CCC3(CC2)CC(C(=O)N(CCc2ccccc2)Cc2ccccc2)=NO3)cc1. The smallest absolute Gasteiger partial charge is 0.272 e. The van der Waals surface area contributed by atoms with E-state index >= 15 is 0 Å². The molecule has 7 nitrogen and oxygen atoms in total. The molecule has 3 aromatic rings. The summed E-state index contributed by atoms with van der Waals surface area (Å²) in [5.74, 6) is -0.128. The van der Waals surface area contributed by atoms with Crippen molar-refractivity contribution in [3.63, 3.8) is 0 Å². The molecule has 1 fully saturated rings. The Labute approximate surface area is 224 Å². The van der Waals surface area contributed by atoms with E-state index < -0.39 is 15.6 Å². The minimum atomic E-state index is -3.57. The highest BCUT2D eigenvalue weighted by Gasteiger charge is 2.46. The number of hydrogen-bond acceptors (Lipinski definition) is 5. The van der Waals surface area contributed by atoms with Gasteiger partial charge in [-0.2, -0.15) is 4.31 Å². The van der Waals surface area contributed by atoms with Crippen molar-refractivity contribution in [1.29, 1.82) is 0 Å². The maximum Gasteiger partial charge on any atom is 0.272 e. The average Bonchev–Trinajstić information content (AvgIpc) is 3.35. The normalized spacial score (nSPS) is 17.1. The van der Waals surface area contributed by atoms with Gasteiger partial charge in [0, 0.05) is 45.4 Å². The number of hydrogen-bond donors (Lipinski definition) is 0. The van der Waals surface area contributed by atoms with Crippen LogP contribution in [0.2, 0.25) is 0 Å². The predicted octanol–water partition coefficient (Wildman–Crippen LogP) is 4.57. The molecule has 1 saturated heterocycles. The lowest BCUT2D eigenvalue weighted by atomic mass is 9.87. The highest BCUT2D eigenvalue weighted by Crippen LogP contribution is 2.36. The largest absolute Gasteiger partial charge is 0.388 e. The zero-order chi connectivity index (χ0) is 26.6. The first-order valence-corrected chi connectivity index (χ1v) is 14.5. The summed E-state index contributed by atoms with van der Waals surface area (Å²) in [4.78, 5) is 21.7. The molecule has 0 unspecified atom stereocenters. The number of nitrogens with zero attached hydrogens (tertiary/aromatic N) is 3. The minimum absolute atomic E-state index is 0.128. The number of carbonyl (C=O) groups excluding carboxylic acids is 1. The maximum atomic E-state index is 13.6. The molecule has 0 saturated carbocycles. The Bertz CT molecular complexity index is 1380. The van der Waals surface area contributed by atoms with Crippen molar-refractivity contribution in [1.82, 2.24) is 9.21 Å². The molecule has 2 aliphatic rings. The molecular weight excluding hydrogens is 498 g/mol. The van der Waals surface area contributed by atoms with Gasteiger partial charge in [0.15, 0.2) is 0 Å². The number of amides is 1. The molecule has 0 N–H and O–H groups in total. The van der Waals surface area contributed by atoms with Crippen LogP contribution in [0.4, 0.5) is 0 Å². The molecule has 38 heavy (non-hydrogen) atoms. The Balaban J connectivity index is 1.24. The Morgan fingerprint density at radius 1 is 0.921 bits per heavy atom. The monoisotopic (exact) mass is 531 g/mol. The highest BCUT2D eigenvalue weighted by atomic mass is 32.2. The Morgan fingerprint density at radius 3 is 2.16 bits per heavy atom. The Morgan fingerprint density at radius 2 is 1.53 bits per heavy atom. The maximum absolute atomic E-state index is 13.6. The first-order chi connectivity index (χ1) is 18.3. The van der Waals surface area contributed by atoms with Crippen molar-refractivity contribution in [2.45, 2.75) is 49.6 Å². The fraction of sp³-hybridized carbons (Fsp3) is 0.333. The molecule has 1 amide bonds. The average molecular weight is 532 g/mol. The molecule has 8 heteroatoms. The van der Waals surface area contributed by atoms with Crippen molar-refractivity contribution in [2.24, 2.45) is 5.16 Å². The lowest BCUT2D eigenvalue weighted by Gasteiger charge is -2.36. The number of benzene rings is 3. The molecule has 2 heterocycles. The van der Waals surface area contributed by atoms with E-state index in [0.29, 0.717) is 56.0 Å². The van der Waals surface area contributed by atoms with Crippen LogP contribution >= 0.6 is 0 Å². The van der Waals surface area contributed by atoms with Gasteiger partial charge in [-0.15, -0.1) is 0 Å². The molecule has 3 aromatic carbocycles. The molecule has 0 bridgehead atoms. The number of rotatable bonds is 8. The fourth-order valence-corrected chi connectivity index (χ4v) is 6.49. The molecule has 1 spiro atoms. The van der Waals surface area contributed by atoms with Crippen molar-refractivity contribution in [2.75, 3.05) is 19.6 Å². The first-order valence-electron chi connectivity index (χ1n) is 13.0. The zero-order valence-electron chi connectivity index (χ0n) is 21.6. The highest BCUT2D eigenvalue weighted by molar-refractivity contribution is 7.89. The van der Waals surface area contributed by atoms with Crippen LogP contribution in [0, 0.1) is 6.92 Å². The van der Waals surface area contributed by atoms with E-state index in [9.17, 15) is 13.2 Å². The summed E-state index contributed by atoms with van der Waals surface area (Å²) >= 11 is 0. The number of oxime groups is 1. The summed E-state index contributed by atoms with van der Waals surface area (Å²) in [5.41, 5.74) is 3.01. The summed E-state index contributed by atoms with van der Waals surface area (Å²) in [6, 6.07) is 27.0. The van der Waals surface area contributed by atoms with Crippen LogP contribution in [-0.2, 0) is 32.6 Å². The standard InChI is InChI=1S/C30H33N3O4S/c1-24-12-14-27(15-13-24)38(35,36)33-20-17-30(18-21-33)22-28(31-37-30)29(34)32(23-26-10-6-3-7-11-26)19-16-25-8-4-2-5-9-25/h2-15H,16-23H2,1H3. The van der Waals surface area contributed by atoms with Crippen molar-refractivity contribution < 1.29 is 18.0 Å². The van der Waals surface area contributed by atoms with Gasteiger partial charge in [0.05, 0.1) is 4.90 Å². The van der Waals surface area contributed by atoms with Gasteiger partial charge in [0.2, 0.25) is 10.0 Å². The van der Waals surface area contributed by atoms with Gasteiger partial charge < -0.3 is 9.74 Å². The van der Waals surface area contributed by atoms with Crippen LogP contribution in [0.5, 0.6) is 0 Å². The van der Waals surface area contributed by atoms with Crippen molar-refractivity contribution >= 4 is 21.6 Å². The van der Waals surface area contributed by atoms with Crippen LogP contribution in [0.3, 0.4) is 0 Å². The fourth-order valence-electron chi connectivity index (χ4n) is 5.05. The second kappa shape index (κ2) is 11.1. The molecule has 0 aliphatic carbocycles. The molecule has 198 valence electrons. The zero-order valence-corrected chi connectivity index (χ0v) is 22.4. The number of piperidine rings is 1. The number of aryl methyl sites for hydroxylation is 1. The van der Waals surface area contributed by atoms with Crippen LogP contribution in [0.1, 0.15) is 36.0 Å². The van der Waals surface area contributed by atoms with Crippen molar-refractivity contribution in [3.8, 4) is 0 Å². The van der Waals surface area contributed by atoms with Crippen LogP contribution < -0.4 is 0 Å². The van der Waals surface area contributed by atoms with E-state index in [1.807, 2.05) is 72.5 Å². The van der Waals surface area contributed by atoms with E-state index in [1.165, 1.54) is 9.87 Å². The first kappa shape index (κ1) is 26.1. The lowest BCUT2D eigenvalue weighted by molar-refractivity contribution is -0.124. The van der Waals surface area contributed by atoms with E-state index in [4.69, 9.17) is 4.84 Å². The topological polar surface area (TPSA) is 79.3 Å². The third-order valence-corrected chi connectivity index (χ3v) is 9.31. The second-order valence-corrected chi connectivity index (χ2v) is 12.1. The third kappa shape index (κ3) is 5.81. The van der Waals surface area contributed by atoms with Crippen LogP contribution in [0.15, 0.2) is 95.0 Å². The van der Waals surface area contributed by atoms with Crippen LogP contribution in [0.25, 0.3) is 0 Å². The molecule has 0 radical (unpaired) electrons. The Hall–Kier alpha value is -3.49. The summed E-state index contributed by atoms with van der Waals surface area (Å²) in [7, 11) is -3.57. The van der Waals surface area contributed by atoms with Gasteiger partial charge in [-0.3, -0.25) is 4.79 Å². The van der Waals surface area contributed by atoms with Gasteiger partial charge in [0.1, 0.15) is 11.3 Å². The predicted molar refractivity (Wildman–Crippen MR) is 147 cm³/mol. The Kier molecular flexibility index (Phi) is 7.63.